The summed E-state index contributed by atoms with van der Waals surface area (Å²) in [5.41, 5.74) is 4.11. The number of anilines is 1. The Kier molecular flexibility index (Phi) is 6.05. The molecule has 3 nitrogen and oxygen atoms in total. The number of hydrogen-bond acceptors (Lipinski definition) is 1. The second-order valence-electron chi connectivity index (χ2n) is 5.84. The number of carbonyl (C=O) groups excluding carboxylic acids is 1. The van der Waals surface area contributed by atoms with Gasteiger partial charge in [0.1, 0.15) is 6.54 Å². The van der Waals surface area contributed by atoms with Crippen molar-refractivity contribution in [1.29, 1.82) is 0 Å². The van der Waals surface area contributed by atoms with Crippen molar-refractivity contribution < 1.29 is 9.69 Å². The van der Waals surface area contributed by atoms with Gasteiger partial charge in [-0.2, -0.15) is 0 Å². The predicted molar refractivity (Wildman–Crippen MR) is 96.5 cm³/mol. The number of carbonyl (C=O) groups is 1. The average molecular weight is 352 g/mol. The van der Waals surface area contributed by atoms with Crippen molar-refractivity contribution >= 4 is 34.8 Å². The van der Waals surface area contributed by atoms with Crippen LogP contribution in [0.15, 0.2) is 36.4 Å². The fourth-order valence-electron chi connectivity index (χ4n) is 2.41. The molecule has 0 spiro atoms. The number of benzene rings is 2. The van der Waals surface area contributed by atoms with E-state index in [1.165, 1.54) is 0 Å². The van der Waals surface area contributed by atoms with Crippen LogP contribution in [0.4, 0.5) is 5.69 Å². The number of amides is 1. The summed E-state index contributed by atoms with van der Waals surface area (Å²) in [4.78, 5) is 13.3. The largest absolute Gasteiger partial charge is 0.326 e. The normalized spacial score (nSPS) is 12.0. The van der Waals surface area contributed by atoms with Crippen molar-refractivity contribution in [3.63, 3.8) is 0 Å². The van der Waals surface area contributed by atoms with Gasteiger partial charge in [-0.3, -0.25) is 4.79 Å². The van der Waals surface area contributed by atoms with Gasteiger partial charge in [0.2, 0.25) is 0 Å². The third-order valence-electron chi connectivity index (χ3n) is 3.85. The molecule has 23 heavy (non-hydrogen) atoms. The van der Waals surface area contributed by atoms with Crippen LogP contribution in [-0.4, -0.2) is 19.5 Å². The zero-order valence-corrected chi connectivity index (χ0v) is 15.1. The Hall–Kier alpha value is -1.55. The summed E-state index contributed by atoms with van der Waals surface area (Å²) in [7, 11) is 1.97. The van der Waals surface area contributed by atoms with Crippen molar-refractivity contribution in [2.24, 2.45) is 0 Å². The van der Waals surface area contributed by atoms with Gasteiger partial charge in [-0.1, -0.05) is 41.4 Å². The molecule has 0 aliphatic heterocycles. The summed E-state index contributed by atoms with van der Waals surface area (Å²) < 4.78 is 0. The van der Waals surface area contributed by atoms with Crippen molar-refractivity contribution in [2.45, 2.75) is 20.4 Å². The number of quaternary nitrogens is 1. The van der Waals surface area contributed by atoms with Crippen LogP contribution in [0.25, 0.3) is 0 Å². The Morgan fingerprint density at radius 2 is 1.91 bits per heavy atom. The lowest BCUT2D eigenvalue weighted by Gasteiger charge is -2.16. The Balaban J connectivity index is 1.95. The summed E-state index contributed by atoms with van der Waals surface area (Å²) in [6.07, 6.45) is 0. The molecule has 0 fully saturated rings. The lowest BCUT2D eigenvalue weighted by atomic mass is 10.1. The van der Waals surface area contributed by atoms with Gasteiger partial charge in [-0.15, -0.1) is 0 Å². The van der Waals surface area contributed by atoms with Crippen LogP contribution >= 0.6 is 23.2 Å². The van der Waals surface area contributed by atoms with Crippen LogP contribution < -0.4 is 10.2 Å². The highest BCUT2D eigenvalue weighted by atomic mass is 35.5. The lowest BCUT2D eigenvalue weighted by molar-refractivity contribution is -0.885. The van der Waals surface area contributed by atoms with E-state index in [9.17, 15) is 4.79 Å². The van der Waals surface area contributed by atoms with Crippen molar-refractivity contribution in [2.75, 3.05) is 18.9 Å². The summed E-state index contributed by atoms with van der Waals surface area (Å²) in [6, 6.07) is 11.3. The van der Waals surface area contributed by atoms with Gasteiger partial charge in [0.25, 0.3) is 5.91 Å². The topological polar surface area (TPSA) is 33.5 Å². The van der Waals surface area contributed by atoms with Gasteiger partial charge in [0.15, 0.2) is 6.54 Å². The number of aryl methyl sites for hydroxylation is 1. The predicted octanol–water partition coefficient (Wildman–Crippen LogP) is 3.26. The van der Waals surface area contributed by atoms with E-state index in [2.05, 4.69) is 5.32 Å². The van der Waals surface area contributed by atoms with Crippen LogP contribution in [0.1, 0.15) is 16.7 Å². The minimum atomic E-state index is -0.0127. The molecular formula is C18H21Cl2N2O+. The van der Waals surface area contributed by atoms with Crippen LogP contribution in [0, 0.1) is 13.8 Å². The molecule has 0 aliphatic rings. The summed E-state index contributed by atoms with van der Waals surface area (Å²) in [5, 5.41) is 4.22. The third-order valence-corrected chi connectivity index (χ3v) is 4.44. The van der Waals surface area contributed by atoms with Crippen LogP contribution in [0.2, 0.25) is 10.0 Å². The molecule has 0 heterocycles. The molecule has 2 N–H and O–H groups in total. The zero-order chi connectivity index (χ0) is 17.0. The molecule has 0 aromatic heterocycles. The van der Waals surface area contributed by atoms with E-state index in [0.717, 1.165) is 27.3 Å². The number of likely N-dealkylation sites (N-methyl/N-ethyl adjacent to an activating group) is 1. The highest BCUT2D eigenvalue weighted by Crippen LogP contribution is 2.20. The molecule has 0 radical (unpaired) electrons. The third kappa shape index (κ3) is 4.96. The molecule has 0 saturated heterocycles. The summed E-state index contributed by atoms with van der Waals surface area (Å²) in [6.45, 7) is 5.07. The molecule has 5 heteroatoms. The standard InChI is InChI=1S/C18H20Cl2N2O/c1-12-5-4-6-17(13(12)2)21-18(23)11-22(3)10-14-7-8-15(19)9-16(14)20/h4-9H,10-11H2,1-3H3,(H,21,23)/p+1. The number of nitrogens with one attached hydrogen (secondary N) is 2. The first-order valence-corrected chi connectivity index (χ1v) is 8.23. The lowest BCUT2D eigenvalue weighted by Crippen LogP contribution is -3.08. The first kappa shape index (κ1) is 17.8. The maximum atomic E-state index is 12.2. The molecule has 0 saturated carbocycles. The molecule has 2 rings (SSSR count). The van der Waals surface area contributed by atoms with Crippen molar-refractivity contribution in [3.8, 4) is 0 Å². The van der Waals surface area contributed by atoms with Gasteiger partial charge >= 0.3 is 0 Å². The average Bonchev–Trinajstić information content (AvgIpc) is 2.47. The Bertz CT molecular complexity index is 716. The smallest absolute Gasteiger partial charge is 0.279 e. The first-order valence-electron chi connectivity index (χ1n) is 7.48. The van der Waals surface area contributed by atoms with Crippen LogP contribution in [0.3, 0.4) is 0 Å². The first-order chi connectivity index (χ1) is 10.9. The van der Waals surface area contributed by atoms with Gasteiger partial charge < -0.3 is 10.2 Å². The molecule has 2 aromatic carbocycles. The molecule has 0 bridgehead atoms. The van der Waals surface area contributed by atoms with E-state index >= 15 is 0 Å². The van der Waals surface area contributed by atoms with Gasteiger partial charge in [-0.05, 0) is 43.2 Å². The maximum Gasteiger partial charge on any atom is 0.279 e. The monoisotopic (exact) mass is 351 g/mol. The quantitative estimate of drug-likeness (QED) is 0.851. The molecule has 0 aliphatic carbocycles. The maximum absolute atomic E-state index is 12.2. The fourth-order valence-corrected chi connectivity index (χ4v) is 2.88. The SMILES string of the molecule is Cc1cccc(NC(=O)C[NH+](C)Cc2ccc(Cl)cc2Cl)c1C. The Morgan fingerprint density at radius 3 is 2.61 bits per heavy atom. The van der Waals surface area contributed by atoms with E-state index in [0.29, 0.717) is 23.1 Å². The highest BCUT2D eigenvalue weighted by Gasteiger charge is 2.14. The number of hydrogen-bond donors (Lipinski definition) is 2. The van der Waals surface area contributed by atoms with E-state index in [4.69, 9.17) is 23.2 Å². The van der Waals surface area contributed by atoms with Crippen molar-refractivity contribution in [1.82, 2.24) is 0 Å². The molecule has 1 atom stereocenters. The van der Waals surface area contributed by atoms with Crippen LogP contribution in [0.5, 0.6) is 0 Å². The second-order valence-corrected chi connectivity index (χ2v) is 6.69. The zero-order valence-electron chi connectivity index (χ0n) is 13.5. The Morgan fingerprint density at radius 1 is 1.17 bits per heavy atom. The Labute approximate surface area is 147 Å². The van der Waals surface area contributed by atoms with Crippen molar-refractivity contribution in [3.05, 3.63) is 63.1 Å². The number of rotatable bonds is 5. The molecule has 1 amide bonds. The van der Waals surface area contributed by atoms with Gasteiger partial charge in [-0.25, -0.2) is 0 Å². The highest BCUT2D eigenvalue weighted by molar-refractivity contribution is 6.35. The minimum Gasteiger partial charge on any atom is -0.326 e. The minimum absolute atomic E-state index is 0.0127. The van der Waals surface area contributed by atoms with Crippen LogP contribution in [-0.2, 0) is 11.3 Å². The van der Waals surface area contributed by atoms with E-state index < -0.39 is 0 Å². The van der Waals surface area contributed by atoms with E-state index in [-0.39, 0.29) is 5.91 Å². The molecular weight excluding hydrogens is 331 g/mol. The van der Waals surface area contributed by atoms with E-state index in [1.54, 1.807) is 6.07 Å². The van der Waals surface area contributed by atoms with Gasteiger partial charge in [0.05, 0.1) is 12.1 Å². The fraction of sp³-hybridized carbons (Fsp3) is 0.278. The second kappa shape index (κ2) is 7.82. The molecule has 2 aromatic rings. The molecule has 122 valence electrons. The number of halogens is 2. The molecule has 1 unspecified atom stereocenters. The summed E-state index contributed by atoms with van der Waals surface area (Å²) >= 11 is 12.1. The van der Waals surface area contributed by atoms with Gasteiger partial charge in [0, 0.05) is 16.3 Å². The summed E-state index contributed by atoms with van der Waals surface area (Å²) in [5.74, 6) is -0.0127. The van der Waals surface area contributed by atoms with E-state index in [1.807, 2.05) is 51.2 Å².